The fraction of sp³-hybridized carbons (Fsp3) is 0.211. The number of aliphatic hydroxyl groups excluding tert-OH is 1. The third-order valence-corrected chi connectivity index (χ3v) is 3.25. The Bertz CT molecular complexity index is 697. The molecule has 1 unspecified atom stereocenters. The topological polar surface area (TPSA) is 70.6 Å². The molecule has 0 radical (unpaired) electrons. The van der Waals surface area contributed by atoms with E-state index >= 15 is 0 Å². The number of rotatable bonds is 7. The van der Waals surface area contributed by atoms with Crippen LogP contribution >= 0.6 is 0 Å². The lowest BCUT2D eigenvalue weighted by molar-refractivity contribution is -0.134. The van der Waals surface area contributed by atoms with Crippen LogP contribution < -0.4 is 10.8 Å². The maximum absolute atomic E-state index is 11.4. The van der Waals surface area contributed by atoms with E-state index in [9.17, 15) is 9.90 Å². The average molecular weight is 326 g/mol. The highest BCUT2D eigenvalue weighted by Gasteiger charge is 2.08. The van der Waals surface area contributed by atoms with E-state index in [1.165, 1.54) is 6.08 Å². The number of aliphatic hydroxyl groups is 1. The Morgan fingerprint density at radius 1 is 1.21 bits per heavy atom. The first-order chi connectivity index (χ1) is 11.6. The second-order valence-electron chi connectivity index (χ2n) is 5.44. The Morgan fingerprint density at radius 2 is 1.96 bits per heavy atom. The van der Waals surface area contributed by atoms with Crippen molar-refractivity contribution < 1.29 is 14.7 Å². The lowest BCUT2D eigenvalue weighted by Crippen LogP contribution is -2.10. The average Bonchev–Trinajstić information content (AvgIpc) is 2.56. The maximum atomic E-state index is 11.4. The van der Waals surface area contributed by atoms with Gasteiger partial charge in [0.15, 0.2) is 0 Å². The van der Waals surface area contributed by atoms with Crippen molar-refractivity contribution in [3.63, 3.8) is 0 Å². The van der Waals surface area contributed by atoms with Gasteiger partial charge >= 0.3 is 5.97 Å². The van der Waals surface area contributed by atoms with Crippen LogP contribution in [0.25, 0.3) is 0 Å². The van der Waals surface area contributed by atoms with Crippen LogP contribution in [0.2, 0.25) is 0 Å². The summed E-state index contributed by atoms with van der Waals surface area (Å²) in [6.45, 7) is 3.48. The lowest BCUT2D eigenvalue weighted by Gasteiger charge is -2.15. The predicted octanol–water partition coefficient (Wildman–Crippen LogP) is 3.80. The largest absolute Gasteiger partial charge is 0.393 e. The van der Waals surface area contributed by atoms with E-state index in [4.69, 9.17) is 4.84 Å². The molecule has 0 fully saturated rings. The second-order valence-corrected chi connectivity index (χ2v) is 5.44. The first-order valence-electron chi connectivity index (χ1n) is 7.81. The Morgan fingerprint density at radius 3 is 2.62 bits per heavy atom. The van der Waals surface area contributed by atoms with E-state index < -0.39 is 12.1 Å². The van der Waals surface area contributed by atoms with Crippen molar-refractivity contribution in [3.05, 3.63) is 66.2 Å². The molecule has 24 heavy (non-hydrogen) atoms. The van der Waals surface area contributed by atoms with Crippen molar-refractivity contribution in [1.82, 2.24) is 0 Å². The van der Waals surface area contributed by atoms with Crippen LogP contribution in [0.3, 0.4) is 0 Å². The minimum absolute atomic E-state index is 0.471. The maximum Gasteiger partial charge on any atom is 0.355 e. The van der Waals surface area contributed by atoms with Gasteiger partial charge in [-0.05, 0) is 49.7 Å². The van der Waals surface area contributed by atoms with E-state index in [0.29, 0.717) is 12.1 Å². The van der Waals surface area contributed by atoms with Crippen molar-refractivity contribution in [2.24, 2.45) is 0 Å². The zero-order chi connectivity index (χ0) is 17.4. The van der Waals surface area contributed by atoms with Gasteiger partial charge in [0.2, 0.25) is 0 Å². The van der Waals surface area contributed by atoms with Gasteiger partial charge in [-0.25, -0.2) is 10.3 Å². The zero-order valence-electron chi connectivity index (χ0n) is 13.8. The van der Waals surface area contributed by atoms with Gasteiger partial charge in [-0.3, -0.25) is 0 Å². The molecule has 0 saturated heterocycles. The normalized spacial score (nSPS) is 12.0. The molecule has 126 valence electrons. The third kappa shape index (κ3) is 5.44. The van der Waals surface area contributed by atoms with Gasteiger partial charge in [0.1, 0.15) is 0 Å². The van der Waals surface area contributed by atoms with Gasteiger partial charge in [-0.15, -0.1) is 0 Å². The molecule has 0 aliphatic heterocycles. The van der Waals surface area contributed by atoms with Gasteiger partial charge in [0.25, 0.3) is 0 Å². The van der Waals surface area contributed by atoms with Crippen molar-refractivity contribution in [1.29, 1.82) is 0 Å². The molecule has 0 amide bonds. The molecule has 0 spiro atoms. The summed E-state index contributed by atoms with van der Waals surface area (Å²) in [6.07, 6.45) is 2.93. The fourth-order valence-electron chi connectivity index (χ4n) is 2.22. The number of anilines is 3. The number of carbonyl (C=O) groups excluding carboxylic acids is 1. The van der Waals surface area contributed by atoms with Crippen molar-refractivity contribution >= 4 is 23.0 Å². The predicted molar refractivity (Wildman–Crippen MR) is 96.1 cm³/mol. The zero-order valence-corrected chi connectivity index (χ0v) is 13.8. The number of carbonyl (C=O) groups is 1. The Labute approximate surface area is 141 Å². The highest BCUT2D eigenvalue weighted by atomic mass is 16.7. The van der Waals surface area contributed by atoms with E-state index in [0.717, 1.165) is 16.9 Å². The van der Waals surface area contributed by atoms with E-state index in [1.54, 1.807) is 26.0 Å². The molecule has 0 saturated carbocycles. The summed E-state index contributed by atoms with van der Waals surface area (Å²) in [5, 5.41) is 13.1. The molecule has 2 rings (SSSR count). The van der Waals surface area contributed by atoms with Gasteiger partial charge in [0, 0.05) is 23.9 Å². The summed E-state index contributed by atoms with van der Waals surface area (Å²) >= 11 is 0. The molecule has 0 heterocycles. The number of hydrogen-bond acceptors (Lipinski definition) is 5. The van der Waals surface area contributed by atoms with Crippen LogP contribution in [-0.4, -0.2) is 17.2 Å². The molecule has 3 N–H and O–H groups in total. The van der Waals surface area contributed by atoms with Crippen molar-refractivity contribution in [2.75, 3.05) is 10.8 Å². The quantitative estimate of drug-likeness (QED) is 0.533. The minimum Gasteiger partial charge on any atom is -0.393 e. The fourth-order valence-corrected chi connectivity index (χ4v) is 2.22. The third-order valence-electron chi connectivity index (χ3n) is 3.25. The van der Waals surface area contributed by atoms with E-state index in [2.05, 4.69) is 10.8 Å². The van der Waals surface area contributed by atoms with Gasteiger partial charge in [-0.2, -0.15) is 0 Å². The molecule has 5 nitrogen and oxygen atoms in total. The molecule has 0 aromatic heterocycles. The Balaban J connectivity index is 2.17. The summed E-state index contributed by atoms with van der Waals surface area (Å²) in [5.41, 5.74) is 6.04. The van der Waals surface area contributed by atoms with Gasteiger partial charge < -0.3 is 15.3 Å². The molecule has 0 bridgehead atoms. The van der Waals surface area contributed by atoms with Crippen LogP contribution in [0.5, 0.6) is 0 Å². The SMILES string of the molecule is CC=CC(=O)ONc1ccc(Nc2ccccc2)c(CC(C)O)c1. The van der Waals surface area contributed by atoms with Crippen LogP contribution in [0.4, 0.5) is 17.1 Å². The summed E-state index contributed by atoms with van der Waals surface area (Å²) in [5.74, 6) is -0.471. The summed E-state index contributed by atoms with van der Waals surface area (Å²) in [6, 6.07) is 15.3. The highest BCUT2D eigenvalue weighted by Crippen LogP contribution is 2.25. The molecular formula is C19H22N2O3. The molecular weight excluding hydrogens is 304 g/mol. The number of benzene rings is 2. The van der Waals surface area contributed by atoms with Crippen molar-refractivity contribution in [2.45, 2.75) is 26.4 Å². The number of para-hydroxylation sites is 1. The number of hydrogen-bond donors (Lipinski definition) is 3. The van der Waals surface area contributed by atoms with E-state index in [-0.39, 0.29) is 0 Å². The number of nitrogens with one attached hydrogen (secondary N) is 2. The van der Waals surface area contributed by atoms with Crippen LogP contribution in [0, 0.1) is 0 Å². The first kappa shape index (κ1) is 17.6. The first-order valence-corrected chi connectivity index (χ1v) is 7.81. The monoisotopic (exact) mass is 326 g/mol. The number of allylic oxidation sites excluding steroid dienone is 1. The molecule has 2 aromatic carbocycles. The summed E-state index contributed by atoms with van der Waals surface area (Å²) in [7, 11) is 0. The summed E-state index contributed by atoms with van der Waals surface area (Å²) in [4.78, 5) is 16.3. The van der Waals surface area contributed by atoms with E-state index in [1.807, 2.05) is 42.5 Å². The molecule has 0 aliphatic rings. The van der Waals surface area contributed by atoms with Crippen LogP contribution in [-0.2, 0) is 16.1 Å². The van der Waals surface area contributed by atoms with Crippen LogP contribution in [0.1, 0.15) is 19.4 Å². The Kier molecular flexibility index (Phi) is 6.40. The second kappa shape index (κ2) is 8.74. The van der Waals surface area contributed by atoms with Crippen molar-refractivity contribution in [3.8, 4) is 0 Å². The standard InChI is InChI=1S/C19H22N2O3/c1-3-7-19(23)24-21-17-10-11-18(15(13-17)12-14(2)22)20-16-8-5-4-6-9-16/h3-11,13-14,20-22H,12H2,1-2H3. The lowest BCUT2D eigenvalue weighted by atomic mass is 10.1. The molecule has 5 heteroatoms. The minimum atomic E-state index is -0.484. The summed E-state index contributed by atoms with van der Waals surface area (Å²) < 4.78 is 0. The highest BCUT2D eigenvalue weighted by molar-refractivity contribution is 5.82. The smallest absolute Gasteiger partial charge is 0.355 e. The Hall–Kier alpha value is -2.79. The molecule has 1 atom stereocenters. The molecule has 2 aromatic rings. The van der Waals surface area contributed by atoms with Crippen LogP contribution in [0.15, 0.2) is 60.7 Å². The molecule has 0 aliphatic carbocycles. The van der Waals surface area contributed by atoms with Gasteiger partial charge in [0.05, 0.1) is 11.8 Å². The van der Waals surface area contributed by atoms with Gasteiger partial charge in [-0.1, -0.05) is 24.3 Å².